The SMILES string of the molecule is COc1cc(/C=N\NC2=NCCCCC2)ccc1O. The fraction of sp³-hybridized carbons (Fsp3) is 0.429. The Hall–Kier alpha value is -2.04. The number of benzene rings is 1. The lowest BCUT2D eigenvalue weighted by Gasteiger charge is -2.04. The van der Waals surface area contributed by atoms with Gasteiger partial charge in [0.2, 0.25) is 0 Å². The number of amidine groups is 1. The van der Waals surface area contributed by atoms with Crippen molar-refractivity contribution in [1.29, 1.82) is 0 Å². The number of hydrogen-bond acceptors (Lipinski definition) is 5. The highest BCUT2D eigenvalue weighted by molar-refractivity contribution is 5.85. The molecule has 1 aliphatic heterocycles. The van der Waals surface area contributed by atoms with E-state index in [0.717, 1.165) is 37.2 Å². The largest absolute Gasteiger partial charge is 0.504 e. The van der Waals surface area contributed by atoms with Gasteiger partial charge < -0.3 is 9.84 Å². The molecule has 0 unspecified atom stereocenters. The number of rotatable bonds is 3. The number of ether oxygens (including phenoxy) is 1. The van der Waals surface area contributed by atoms with E-state index in [-0.39, 0.29) is 5.75 Å². The van der Waals surface area contributed by atoms with Crippen LogP contribution in [0.1, 0.15) is 31.2 Å². The van der Waals surface area contributed by atoms with Gasteiger partial charge in [-0.3, -0.25) is 10.4 Å². The van der Waals surface area contributed by atoms with E-state index in [0.29, 0.717) is 5.75 Å². The Morgan fingerprint density at radius 1 is 1.37 bits per heavy atom. The topological polar surface area (TPSA) is 66.2 Å². The molecule has 1 aliphatic rings. The van der Waals surface area contributed by atoms with E-state index >= 15 is 0 Å². The molecule has 0 saturated carbocycles. The predicted octanol–water partition coefficient (Wildman–Crippen LogP) is 2.30. The summed E-state index contributed by atoms with van der Waals surface area (Å²) < 4.78 is 5.04. The molecule has 0 spiro atoms. The molecular weight excluding hydrogens is 242 g/mol. The Morgan fingerprint density at radius 3 is 3.11 bits per heavy atom. The standard InChI is InChI=1S/C14H19N3O2/c1-19-13-9-11(6-7-12(13)18)10-16-17-14-5-3-2-4-8-15-14/h6-7,9-10,18H,2-5,8H2,1H3,(H,15,17)/b16-10-. The highest BCUT2D eigenvalue weighted by atomic mass is 16.5. The maximum atomic E-state index is 9.49. The van der Waals surface area contributed by atoms with E-state index < -0.39 is 0 Å². The van der Waals surface area contributed by atoms with Crippen molar-refractivity contribution in [3.63, 3.8) is 0 Å². The molecule has 2 rings (SSSR count). The minimum Gasteiger partial charge on any atom is -0.504 e. The maximum Gasteiger partial charge on any atom is 0.161 e. The smallest absolute Gasteiger partial charge is 0.161 e. The van der Waals surface area contributed by atoms with E-state index in [1.54, 1.807) is 24.4 Å². The molecule has 5 heteroatoms. The molecule has 0 saturated heterocycles. The second kappa shape index (κ2) is 6.78. The summed E-state index contributed by atoms with van der Waals surface area (Å²) in [6, 6.07) is 5.09. The number of hydrogen-bond donors (Lipinski definition) is 2. The van der Waals surface area contributed by atoms with Crippen molar-refractivity contribution in [1.82, 2.24) is 5.43 Å². The second-order valence-corrected chi connectivity index (χ2v) is 4.44. The molecule has 0 fully saturated rings. The number of phenolic OH excluding ortho intramolecular Hbond substituents is 1. The van der Waals surface area contributed by atoms with Crippen molar-refractivity contribution >= 4 is 12.1 Å². The summed E-state index contributed by atoms with van der Waals surface area (Å²) in [5.74, 6) is 1.51. The van der Waals surface area contributed by atoms with Crippen LogP contribution in [0.4, 0.5) is 0 Å². The van der Waals surface area contributed by atoms with E-state index in [2.05, 4.69) is 15.5 Å². The minimum atomic E-state index is 0.126. The van der Waals surface area contributed by atoms with Crippen LogP contribution in [0.2, 0.25) is 0 Å². The van der Waals surface area contributed by atoms with Gasteiger partial charge in [-0.25, -0.2) is 0 Å². The summed E-state index contributed by atoms with van der Waals surface area (Å²) >= 11 is 0. The summed E-state index contributed by atoms with van der Waals surface area (Å²) in [7, 11) is 1.52. The van der Waals surface area contributed by atoms with Crippen molar-refractivity contribution in [3.8, 4) is 11.5 Å². The first kappa shape index (κ1) is 13.4. The normalized spacial score (nSPS) is 15.9. The van der Waals surface area contributed by atoms with Gasteiger partial charge in [-0.2, -0.15) is 5.10 Å². The van der Waals surface area contributed by atoms with Crippen molar-refractivity contribution in [3.05, 3.63) is 23.8 Å². The van der Waals surface area contributed by atoms with Crippen LogP contribution in [0.5, 0.6) is 11.5 Å². The summed E-state index contributed by atoms with van der Waals surface area (Å²) in [6.45, 7) is 0.880. The van der Waals surface area contributed by atoms with Crippen LogP contribution < -0.4 is 10.2 Å². The van der Waals surface area contributed by atoms with Gasteiger partial charge in [0.1, 0.15) is 5.84 Å². The van der Waals surface area contributed by atoms with Gasteiger partial charge in [-0.15, -0.1) is 0 Å². The summed E-state index contributed by atoms with van der Waals surface area (Å²) in [4.78, 5) is 4.43. The van der Waals surface area contributed by atoms with Crippen LogP contribution in [0, 0.1) is 0 Å². The molecule has 2 N–H and O–H groups in total. The monoisotopic (exact) mass is 261 g/mol. The van der Waals surface area contributed by atoms with Crippen LogP contribution in [-0.4, -0.2) is 30.8 Å². The third-order valence-electron chi connectivity index (χ3n) is 2.99. The third-order valence-corrected chi connectivity index (χ3v) is 2.99. The fourth-order valence-corrected chi connectivity index (χ4v) is 1.92. The molecule has 0 atom stereocenters. The van der Waals surface area contributed by atoms with Gasteiger partial charge in [-0.05, 0) is 36.6 Å². The number of phenols is 1. The molecule has 0 aliphatic carbocycles. The second-order valence-electron chi connectivity index (χ2n) is 4.44. The Bertz CT molecular complexity index is 484. The molecular formula is C14H19N3O2. The quantitative estimate of drug-likeness (QED) is 0.648. The predicted molar refractivity (Wildman–Crippen MR) is 76.2 cm³/mol. The lowest BCUT2D eigenvalue weighted by Crippen LogP contribution is -2.17. The van der Waals surface area contributed by atoms with Gasteiger partial charge >= 0.3 is 0 Å². The Kier molecular flexibility index (Phi) is 4.78. The number of nitrogens with one attached hydrogen (secondary N) is 1. The van der Waals surface area contributed by atoms with Crippen molar-refractivity contribution in [2.45, 2.75) is 25.7 Å². The van der Waals surface area contributed by atoms with Crippen LogP contribution in [0.15, 0.2) is 28.3 Å². The summed E-state index contributed by atoms with van der Waals surface area (Å²) in [6.07, 6.45) is 6.19. The van der Waals surface area contributed by atoms with Gasteiger partial charge in [0.05, 0.1) is 13.3 Å². The zero-order valence-corrected chi connectivity index (χ0v) is 11.1. The summed E-state index contributed by atoms with van der Waals surface area (Å²) in [5.41, 5.74) is 3.84. The van der Waals surface area contributed by atoms with E-state index in [1.807, 2.05) is 0 Å². The Labute approximate surface area is 113 Å². The molecule has 0 radical (unpaired) electrons. The number of hydrazone groups is 1. The lowest BCUT2D eigenvalue weighted by atomic mass is 10.2. The van der Waals surface area contributed by atoms with Gasteiger partial charge in [0, 0.05) is 13.0 Å². The first-order valence-electron chi connectivity index (χ1n) is 6.49. The van der Waals surface area contributed by atoms with Crippen molar-refractivity contribution in [2.24, 2.45) is 10.1 Å². The number of methoxy groups -OCH3 is 1. The average Bonchev–Trinajstić information content (AvgIpc) is 2.69. The molecule has 0 bridgehead atoms. The molecule has 0 amide bonds. The minimum absolute atomic E-state index is 0.126. The van der Waals surface area contributed by atoms with Gasteiger partial charge in [0.25, 0.3) is 0 Å². The molecule has 0 aromatic heterocycles. The number of aliphatic imine (C=N–C) groups is 1. The van der Waals surface area contributed by atoms with Gasteiger partial charge in [-0.1, -0.05) is 6.42 Å². The van der Waals surface area contributed by atoms with Crippen molar-refractivity contribution in [2.75, 3.05) is 13.7 Å². The average molecular weight is 261 g/mol. The zero-order chi connectivity index (χ0) is 13.5. The number of aromatic hydroxyl groups is 1. The molecule has 1 aromatic rings. The molecule has 1 aromatic carbocycles. The first-order valence-corrected chi connectivity index (χ1v) is 6.49. The zero-order valence-electron chi connectivity index (χ0n) is 11.1. The molecule has 19 heavy (non-hydrogen) atoms. The van der Waals surface area contributed by atoms with E-state index in [1.165, 1.54) is 13.5 Å². The third kappa shape index (κ3) is 3.98. The highest BCUT2D eigenvalue weighted by Gasteiger charge is 2.03. The van der Waals surface area contributed by atoms with E-state index in [9.17, 15) is 5.11 Å². The Morgan fingerprint density at radius 2 is 2.26 bits per heavy atom. The summed E-state index contributed by atoms with van der Waals surface area (Å²) in [5, 5.41) is 13.7. The first-order chi connectivity index (χ1) is 9.29. The van der Waals surface area contributed by atoms with Crippen LogP contribution in [0.3, 0.4) is 0 Å². The van der Waals surface area contributed by atoms with E-state index in [4.69, 9.17) is 4.74 Å². The molecule has 102 valence electrons. The maximum absolute atomic E-state index is 9.49. The molecule has 1 heterocycles. The van der Waals surface area contributed by atoms with Gasteiger partial charge in [0.15, 0.2) is 11.5 Å². The Balaban J connectivity index is 1.96. The highest BCUT2D eigenvalue weighted by Crippen LogP contribution is 2.25. The fourth-order valence-electron chi connectivity index (χ4n) is 1.92. The van der Waals surface area contributed by atoms with Crippen molar-refractivity contribution < 1.29 is 9.84 Å². The van der Waals surface area contributed by atoms with Crippen LogP contribution in [-0.2, 0) is 0 Å². The van der Waals surface area contributed by atoms with Crippen LogP contribution in [0.25, 0.3) is 0 Å². The molecule has 5 nitrogen and oxygen atoms in total. The lowest BCUT2D eigenvalue weighted by molar-refractivity contribution is 0.373. The van der Waals surface area contributed by atoms with Crippen LogP contribution >= 0.6 is 0 Å². The number of nitrogens with zero attached hydrogens (tertiary/aromatic N) is 2.